The van der Waals surface area contributed by atoms with E-state index in [-0.39, 0.29) is 30.2 Å². The van der Waals surface area contributed by atoms with E-state index in [0.717, 1.165) is 0 Å². The van der Waals surface area contributed by atoms with Gasteiger partial charge in [-0.05, 0) is 26.7 Å². The second-order valence-corrected chi connectivity index (χ2v) is 8.35. The molecule has 0 aromatic rings. The molecule has 0 radical (unpaired) electrons. The number of aliphatic carboxylic acids is 1. The zero-order valence-electron chi connectivity index (χ0n) is 13.5. The summed E-state index contributed by atoms with van der Waals surface area (Å²) in [5.74, 6) is -1.36. The Balaban J connectivity index is 1.95. The number of rotatable bonds is 4. The molecule has 0 aliphatic carbocycles. The van der Waals surface area contributed by atoms with Gasteiger partial charge in [0.1, 0.15) is 0 Å². The zero-order chi connectivity index (χ0) is 17.2. The average molecular weight is 348 g/mol. The van der Waals surface area contributed by atoms with Gasteiger partial charge in [-0.15, -0.1) is 0 Å². The number of ether oxygens (including phenoxy) is 1. The molecule has 23 heavy (non-hydrogen) atoms. The SMILES string of the molecule is CCS(=O)(=O)N1CCC(C(=O)N2CC(C(=O)O)O[C@H](C)C2)CC1. The molecule has 2 heterocycles. The summed E-state index contributed by atoms with van der Waals surface area (Å²) >= 11 is 0. The summed E-state index contributed by atoms with van der Waals surface area (Å²) in [5.41, 5.74) is 0. The molecule has 2 rings (SSSR count). The van der Waals surface area contributed by atoms with Gasteiger partial charge in [0.25, 0.3) is 0 Å². The molecule has 0 saturated carbocycles. The maximum Gasteiger partial charge on any atom is 0.334 e. The van der Waals surface area contributed by atoms with Gasteiger partial charge < -0.3 is 14.7 Å². The largest absolute Gasteiger partial charge is 0.479 e. The Bertz CT molecular complexity index is 556. The molecule has 2 fully saturated rings. The van der Waals surface area contributed by atoms with Crippen molar-refractivity contribution in [2.75, 3.05) is 31.9 Å². The van der Waals surface area contributed by atoms with Gasteiger partial charge in [-0.1, -0.05) is 0 Å². The van der Waals surface area contributed by atoms with Crippen LogP contribution in [-0.2, 0) is 24.3 Å². The first-order chi connectivity index (χ1) is 10.7. The Kier molecular flexibility index (Phi) is 5.64. The molecule has 1 unspecified atom stereocenters. The van der Waals surface area contributed by atoms with Crippen molar-refractivity contribution in [2.24, 2.45) is 5.92 Å². The highest BCUT2D eigenvalue weighted by atomic mass is 32.2. The van der Waals surface area contributed by atoms with Crippen molar-refractivity contribution < 1.29 is 27.9 Å². The van der Waals surface area contributed by atoms with Crippen molar-refractivity contribution in [3.05, 3.63) is 0 Å². The lowest BCUT2D eigenvalue weighted by molar-refractivity contribution is -0.168. The maximum absolute atomic E-state index is 12.6. The van der Waals surface area contributed by atoms with E-state index in [0.29, 0.717) is 32.5 Å². The summed E-state index contributed by atoms with van der Waals surface area (Å²) in [4.78, 5) is 25.2. The molecule has 0 aromatic carbocycles. The van der Waals surface area contributed by atoms with Crippen molar-refractivity contribution in [1.29, 1.82) is 0 Å². The number of nitrogens with zero attached hydrogens (tertiary/aromatic N) is 2. The van der Waals surface area contributed by atoms with Gasteiger partial charge in [-0.25, -0.2) is 17.5 Å². The summed E-state index contributed by atoms with van der Waals surface area (Å²) in [6.07, 6.45) is -0.374. The third-order valence-electron chi connectivity index (χ3n) is 4.41. The molecule has 9 heteroatoms. The van der Waals surface area contributed by atoms with E-state index in [1.54, 1.807) is 18.7 Å². The van der Waals surface area contributed by atoms with E-state index in [1.807, 2.05) is 0 Å². The van der Waals surface area contributed by atoms with E-state index in [4.69, 9.17) is 9.84 Å². The summed E-state index contributed by atoms with van der Waals surface area (Å²) in [6.45, 7) is 4.45. The van der Waals surface area contributed by atoms with Crippen LogP contribution in [-0.4, -0.2) is 78.7 Å². The first-order valence-corrected chi connectivity index (χ1v) is 9.50. The highest BCUT2D eigenvalue weighted by molar-refractivity contribution is 7.89. The lowest BCUT2D eigenvalue weighted by atomic mass is 9.96. The van der Waals surface area contributed by atoms with Gasteiger partial charge in [-0.2, -0.15) is 0 Å². The molecule has 8 nitrogen and oxygen atoms in total. The molecule has 0 aromatic heterocycles. The van der Waals surface area contributed by atoms with Crippen LogP contribution in [0.15, 0.2) is 0 Å². The van der Waals surface area contributed by atoms with Gasteiger partial charge in [-0.3, -0.25) is 4.79 Å². The lowest BCUT2D eigenvalue weighted by Gasteiger charge is -2.38. The standard InChI is InChI=1S/C14H24N2O6S/c1-3-23(20,21)16-6-4-11(5-7-16)13(17)15-8-10(2)22-12(9-15)14(18)19/h10-12H,3-9H2,1-2H3,(H,18,19)/t10-,12?/m1/s1. The molecular formula is C14H24N2O6S. The molecule has 0 bridgehead atoms. The molecule has 2 saturated heterocycles. The minimum atomic E-state index is -3.21. The molecule has 2 aliphatic rings. The Labute approximate surface area is 136 Å². The maximum atomic E-state index is 12.6. The Morgan fingerprint density at radius 1 is 1.22 bits per heavy atom. The fourth-order valence-electron chi connectivity index (χ4n) is 3.09. The van der Waals surface area contributed by atoms with Crippen molar-refractivity contribution in [2.45, 2.75) is 38.9 Å². The lowest BCUT2D eigenvalue weighted by Crippen LogP contribution is -2.54. The number of hydrogen-bond donors (Lipinski definition) is 1. The predicted octanol–water partition coefficient (Wildman–Crippen LogP) is -0.251. The number of amides is 1. The van der Waals surface area contributed by atoms with E-state index in [1.165, 1.54) is 4.31 Å². The monoisotopic (exact) mass is 348 g/mol. The van der Waals surface area contributed by atoms with Crippen molar-refractivity contribution in [3.8, 4) is 0 Å². The molecule has 2 atom stereocenters. The fourth-order valence-corrected chi connectivity index (χ4v) is 4.22. The van der Waals surface area contributed by atoms with Crippen LogP contribution in [0.5, 0.6) is 0 Å². The van der Waals surface area contributed by atoms with E-state index in [9.17, 15) is 18.0 Å². The summed E-state index contributed by atoms with van der Waals surface area (Å²) in [7, 11) is -3.21. The molecule has 0 spiro atoms. The number of morpholine rings is 1. The first kappa shape index (κ1) is 18.2. The molecule has 1 amide bonds. The van der Waals surface area contributed by atoms with Gasteiger partial charge in [0, 0.05) is 25.6 Å². The summed E-state index contributed by atoms with van der Waals surface area (Å²) in [5, 5.41) is 9.08. The first-order valence-electron chi connectivity index (χ1n) is 7.89. The summed E-state index contributed by atoms with van der Waals surface area (Å²) in [6, 6.07) is 0. The number of carbonyl (C=O) groups is 2. The number of hydrogen-bond acceptors (Lipinski definition) is 5. The normalized spacial score (nSPS) is 27.8. The quantitative estimate of drug-likeness (QED) is 0.751. The van der Waals surface area contributed by atoms with Crippen LogP contribution in [0.1, 0.15) is 26.7 Å². The van der Waals surface area contributed by atoms with Crippen molar-refractivity contribution in [3.63, 3.8) is 0 Å². The number of piperidine rings is 1. The fraction of sp³-hybridized carbons (Fsp3) is 0.857. The number of carboxylic acids is 1. The van der Waals surface area contributed by atoms with Gasteiger partial charge in [0.2, 0.25) is 15.9 Å². The van der Waals surface area contributed by atoms with E-state index in [2.05, 4.69) is 0 Å². The van der Waals surface area contributed by atoms with Crippen molar-refractivity contribution >= 4 is 21.9 Å². The van der Waals surface area contributed by atoms with Crippen LogP contribution < -0.4 is 0 Å². The number of sulfonamides is 1. The van der Waals surface area contributed by atoms with Gasteiger partial charge >= 0.3 is 5.97 Å². The van der Waals surface area contributed by atoms with Gasteiger partial charge in [0.05, 0.1) is 18.4 Å². The van der Waals surface area contributed by atoms with Gasteiger partial charge in [0.15, 0.2) is 6.10 Å². The van der Waals surface area contributed by atoms with E-state index < -0.39 is 22.1 Å². The molecule has 1 N–H and O–H groups in total. The Morgan fingerprint density at radius 2 is 1.83 bits per heavy atom. The minimum Gasteiger partial charge on any atom is -0.479 e. The third kappa shape index (κ3) is 4.21. The van der Waals surface area contributed by atoms with Crippen LogP contribution in [0, 0.1) is 5.92 Å². The third-order valence-corrected chi connectivity index (χ3v) is 6.29. The van der Waals surface area contributed by atoms with Crippen LogP contribution in [0.25, 0.3) is 0 Å². The second-order valence-electron chi connectivity index (χ2n) is 6.09. The smallest absolute Gasteiger partial charge is 0.334 e. The number of carbonyl (C=O) groups excluding carboxylic acids is 1. The van der Waals surface area contributed by atoms with Crippen LogP contribution in [0.3, 0.4) is 0 Å². The zero-order valence-corrected chi connectivity index (χ0v) is 14.3. The van der Waals surface area contributed by atoms with Crippen LogP contribution in [0.4, 0.5) is 0 Å². The highest BCUT2D eigenvalue weighted by Crippen LogP contribution is 2.23. The minimum absolute atomic E-state index is 0.0476. The predicted molar refractivity (Wildman–Crippen MR) is 82.3 cm³/mol. The molecule has 2 aliphatic heterocycles. The molecular weight excluding hydrogens is 324 g/mol. The average Bonchev–Trinajstić information content (AvgIpc) is 2.53. The topological polar surface area (TPSA) is 104 Å². The van der Waals surface area contributed by atoms with Crippen LogP contribution >= 0.6 is 0 Å². The highest BCUT2D eigenvalue weighted by Gasteiger charge is 2.37. The summed E-state index contributed by atoms with van der Waals surface area (Å²) < 4.78 is 30.4. The number of carboxylic acid groups (broad SMARTS) is 1. The van der Waals surface area contributed by atoms with Crippen molar-refractivity contribution in [1.82, 2.24) is 9.21 Å². The Hall–Kier alpha value is -1.19. The second kappa shape index (κ2) is 7.14. The van der Waals surface area contributed by atoms with E-state index >= 15 is 0 Å². The Morgan fingerprint density at radius 3 is 2.35 bits per heavy atom. The molecule has 132 valence electrons. The van der Waals surface area contributed by atoms with Crippen LogP contribution in [0.2, 0.25) is 0 Å².